The van der Waals surface area contributed by atoms with E-state index in [2.05, 4.69) is 26.0 Å². The van der Waals surface area contributed by atoms with Gasteiger partial charge in [0.2, 0.25) is 0 Å². The van der Waals surface area contributed by atoms with E-state index in [9.17, 15) is 19.5 Å². The zero-order valence-electron chi connectivity index (χ0n) is 47.2. The zero-order chi connectivity index (χ0) is 51.3. The van der Waals surface area contributed by atoms with Crippen LogP contribution in [0.5, 0.6) is 0 Å². The van der Waals surface area contributed by atoms with Crippen molar-refractivity contribution in [3.05, 3.63) is 12.2 Å². The number of likely N-dealkylation sites (N-methyl/N-ethyl adjacent to an activating group) is 1. The number of esters is 2. The van der Waals surface area contributed by atoms with Crippen molar-refractivity contribution < 1.29 is 42.9 Å². The SMILES string of the molecule is CCCCCCCCCC/C=C\CCCCCCCCCCCCCCCCCCCCCCCC(=O)OC(COC(=O)CCCCCCCCCCCCCC)COC(OCC[N+](C)(C)C)C(=O)[O-]. The van der Waals surface area contributed by atoms with Crippen molar-refractivity contribution in [3.63, 3.8) is 0 Å². The molecule has 0 N–H and O–H groups in total. The molecule has 0 amide bonds. The molecule has 0 aromatic carbocycles. The second kappa shape index (κ2) is 53.3. The molecule has 0 aliphatic rings. The number of allylic oxidation sites excluding steroid dienone is 2. The molecule has 0 spiro atoms. The average molecular weight is 993 g/mol. The predicted molar refractivity (Wildman–Crippen MR) is 293 cm³/mol. The van der Waals surface area contributed by atoms with Gasteiger partial charge >= 0.3 is 11.9 Å². The molecule has 0 rings (SSSR count). The number of hydrogen-bond donors (Lipinski definition) is 0. The Hall–Kier alpha value is -1.97. The van der Waals surface area contributed by atoms with Crippen molar-refractivity contribution in [1.82, 2.24) is 0 Å². The second-order valence-electron chi connectivity index (χ2n) is 22.0. The summed E-state index contributed by atoms with van der Waals surface area (Å²) >= 11 is 0. The quantitative estimate of drug-likeness (QED) is 0.0195. The zero-order valence-corrected chi connectivity index (χ0v) is 47.2. The van der Waals surface area contributed by atoms with Crippen LogP contribution in [0.15, 0.2) is 12.2 Å². The van der Waals surface area contributed by atoms with Crippen LogP contribution in [0.3, 0.4) is 0 Å². The van der Waals surface area contributed by atoms with Gasteiger partial charge in [0.1, 0.15) is 13.2 Å². The molecule has 2 unspecified atom stereocenters. The third kappa shape index (κ3) is 53.8. The average Bonchev–Trinajstić information content (AvgIpc) is 3.33. The monoisotopic (exact) mass is 992 g/mol. The summed E-state index contributed by atoms with van der Waals surface area (Å²) in [7, 11) is 5.93. The van der Waals surface area contributed by atoms with Crippen LogP contribution >= 0.6 is 0 Å². The summed E-state index contributed by atoms with van der Waals surface area (Å²) in [5.41, 5.74) is 0. The van der Waals surface area contributed by atoms with E-state index < -0.39 is 24.3 Å². The minimum absolute atomic E-state index is 0.152. The number of nitrogens with zero attached hydrogens (tertiary/aromatic N) is 1. The number of hydrogen-bond acceptors (Lipinski definition) is 8. The number of carboxylic acid groups (broad SMARTS) is 1. The first-order chi connectivity index (χ1) is 34.1. The molecule has 9 heteroatoms. The number of unbranched alkanes of at least 4 members (excludes halogenated alkanes) is 40. The number of rotatable bonds is 57. The highest BCUT2D eigenvalue weighted by Crippen LogP contribution is 2.18. The molecule has 0 aliphatic heterocycles. The smallest absolute Gasteiger partial charge is 0.306 e. The fourth-order valence-electron chi connectivity index (χ4n) is 9.06. The normalized spacial score (nSPS) is 12.8. The lowest BCUT2D eigenvalue weighted by molar-refractivity contribution is -0.870. The van der Waals surface area contributed by atoms with E-state index in [4.69, 9.17) is 18.9 Å². The van der Waals surface area contributed by atoms with Crippen molar-refractivity contribution in [2.45, 2.75) is 315 Å². The van der Waals surface area contributed by atoms with Gasteiger partial charge in [0.15, 0.2) is 12.4 Å². The van der Waals surface area contributed by atoms with Crippen LogP contribution in [0.4, 0.5) is 0 Å². The van der Waals surface area contributed by atoms with Crippen molar-refractivity contribution >= 4 is 17.9 Å². The fourth-order valence-corrected chi connectivity index (χ4v) is 9.06. The van der Waals surface area contributed by atoms with Crippen LogP contribution in [-0.4, -0.2) is 82.3 Å². The summed E-state index contributed by atoms with van der Waals surface area (Å²) in [5, 5.41) is 11.7. The molecule has 0 aromatic heterocycles. The maximum Gasteiger partial charge on any atom is 0.306 e. The van der Waals surface area contributed by atoms with E-state index in [0.29, 0.717) is 17.4 Å². The summed E-state index contributed by atoms with van der Waals surface area (Å²) in [4.78, 5) is 37.2. The van der Waals surface area contributed by atoms with Crippen LogP contribution in [0, 0.1) is 0 Å². The Labute approximate surface area is 434 Å². The highest BCUT2D eigenvalue weighted by Gasteiger charge is 2.22. The highest BCUT2D eigenvalue weighted by atomic mass is 16.7. The third-order valence-corrected chi connectivity index (χ3v) is 13.8. The Morgan fingerprint density at radius 3 is 1.06 bits per heavy atom. The standard InChI is InChI=1S/C61H117NO8/c1-6-8-10-12-14-16-18-20-21-22-23-24-25-26-27-28-29-30-31-32-33-34-35-36-37-38-39-40-42-44-46-48-50-52-59(64)70-57(56-69-61(60(65)66)67-54-53-62(3,4)5)55-68-58(63)51-49-47-45-43-41-19-17-15-13-11-9-7-2/h22-23,57,61H,6-21,24-56H2,1-5H3/b23-22-. The van der Waals surface area contributed by atoms with Gasteiger partial charge < -0.3 is 33.3 Å². The lowest BCUT2D eigenvalue weighted by Gasteiger charge is -2.26. The third-order valence-electron chi connectivity index (χ3n) is 13.8. The molecule has 2 atom stereocenters. The van der Waals surface area contributed by atoms with E-state index in [1.807, 2.05) is 21.1 Å². The number of carbonyl (C=O) groups is 3. The molecule has 70 heavy (non-hydrogen) atoms. The number of ether oxygens (including phenoxy) is 4. The molecule has 0 aromatic rings. The Bertz CT molecular complexity index is 1150. The number of carboxylic acids is 1. The Morgan fingerprint density at radius 1 is 0.414 bits per heavy atom. The molecular formula is C61H117NO8. The summed E-state index contributed by atoms with van der Waals surface area (Å²) in [6.07, 6.45) is 58.6. The van der Waals surface area contributed by atoms with Crippen molar-refractivity contribution in [1.29, 1.82) is 0 Å². The number of carbonyl (C=O) groups excluding carboxylic acids is 3. The Kier molecular flexibility index (Phi) is 51.8. The van der Waals surface area contributed by atoms with Crippen LogP contribution < -0.4 is 5.11 Å². The summed E-state index contributed by atoms with van der Waals surface area (Å²) in [6.45, 7) is 4.79. The number of aliphatic carboxylic acids is 1. The Morgan fingerprint density at radius 2 is 0.729 bits per heavy atom. The molecule has 0 radical (unpaired) electrons. The predicted octanol–water partition coefficient (Wildman–Crippen LogP) is 16.4. The first-order valence-corrected chi connectivity index (χ1v) is 30.3. The van der Waals surface area contributed by atoms with E-state index in [1.54, 1.807) is 0 Å². The molecule has 414 valence electrons. The molecule has 0 saturated carbocycles. The van der Waals surface area contributed by atoms with Crippen molar-refractivity contribution in [2.24, 2.45) is 0 Å². The van der Waals surface area contributed by atoms with Gasteiger partial charge in [0.25, 0.3) is 0 Å². The summed E-state index contributed by atoms with van der Waals surface area (Å²) in [5.74, 6) is -2.26. The van der Waals surface area contributed by atoms with Gasteiger partial charge in [0, 0.05) is 12.8 Å². The topological polar surface area (TPSA) is 111 Å². The van der Waals surface area contributed by atoms with Gasteiger partial charge in [-0.2, -0.15) is 0 Å². The highest BCUT2D eigenvalue weighted by molar-refractivity contribution is 5.70. The van der Waals surface area contributed by atoms with Crippen molar-refractivity contribution in [2.75, 3.05) is 47.5 Å². The van der Waals surface area contributed by atoms with Gasteiger partial charge in [-0.1, -0.05) is 264 Å². The van der Waals surface area contributed by atoms with Gasteiger partial charge in [-0.3, -0.25) is 9.59 Å². The van der Waals surface area contributed by atoms with Crippen LogP contribution in [0.25, 0.3) is 0 Å². The molecule has 0 fully saturated rings. The molecule has 9 nitrogen and oxygen atoms in total. The molecule has 0 saturated heterocycles. The molecule has 0 aliphatic carbocycles. The lowest BCUT2D eigenvalue weighted by atomic mass is 10.0. The van der Waals surface area contributed by atoms with Gasteiger partial charge in [-0.25, -0.2) is 0 Å². The second-order valence-corrected chi connectivity index (χ2v) is 22.0. The van der Waals surface area contributed by atoms with E-state index in [-0.39, 0.29) is 32.2 Å². The minimum atomic E-state index is -1.61. The minimum Gasteiger partial charge on any atom is -0.545 e. The van der Waals surface area contributed by atoms with E-state index in [1.165, 1.54) is 238 Å². The fraction of sp³-hybridized carbons (Fsp3) is 0.918. The maximum atomic E-state index is 12.8. The number of quaternary nitrogens is 1. The van der Waals surface area contributed by atoms with Crippen LogP contribution in [0.2, 0.25) is 0 Å². The van der Waals surface area contributed by atoms with Crippen LogP contribution in [-0.2, 0) is 33.3 Å². The summed E-state index contributed by atoms with van der Waals surface area (Å²) < 4.78 is 22.7. The largest absolute Gasteiger partial charge is 0.545 e. The Balaban J connectivity index is 3.99. The first kappa shape index (κ1) is 68.0. The lowest BCUT2D eigenvalue weighted by Crippen LogP contribution is -2.44. The maximum absolute atomic E-state index is 12.8. The van der Waals surface area contributed by atoms with E-state index >= 15 is 0 Å². The van der Waals surface area contributed by atoms with Gasteiger partial charge in [-0.15, -0.1) is 0 Å². The van der Waals surface area contributed by atoms with E-state index in [0.717, 1.165) is 38.5 Å². The van der Waals surface area contributed by atoms with Gasteiger partial charge in [-0.05, 0) is 38.5 Å². The van der Waals surface area contributed by atoms with Gasteiger partial charge in [0.05, 0.1) is 40.3 Å². The van der Waals surface area contributed by atoms with Crippen LogP contribution in [0.1, 0.15) is 303 Å². The molecule has 0 heterocycles. The summed E-state index contributed by atoms with van der Waals surface area (Å²) in [6, 6.07) is 0. The first-order valence-electron chi connectivity index (χ1n) is 30.3. The molecular weight excluding hydrogens is 875 g/mol. The van der Waals surface area contributed by atoms with Crippen molar-refractivity contribution in [3.8, 4) is 0 Å². The molecule has 0 bridgehead atoms.